The second kappa shape index (κ2) is 6.53. The molecule has 1 amide bonds. The molecule has 3 nitrogen and oxygen atoms in total. The van der Waals surface area contributed by atoms with Gasteiger partial charge in [-0.2, -0.15) is 0 Å². The molecular formula is C15H21BrN2O. The van der Waals surface area contributed by atoms with E-state index < -0.39 is 0 Å². The SMILES string of the molecule is CN(C)C(=O)CCNC1CC(c2ccc(Br)cc2)C1. The van der Waals surface area contributed by atoms with Crippen LogP contribution in [0.2, 0.25) is 0 Å². The Bertz CT molecular complexity index is 424. The Morgan fingerprint density at radius 3 is 2.53 bits per heavy atom. The maximum atomic E-state index is 11.4. The molecule has 0 atom stereocenters. The first-order valence-corrected chi connectivity index (χ1v) is 7.54. The lowest BCUT2D eigenvalue weighted by molar-refractivity contribution is -0.128. The molecule has 4 heteroatoms. The van der Waals surface area contributed by atoms with Gasteiger partial charge in [-0.25, -0.2) is 0 Å². The first-order chi connectivity index (χ1) is 9.06. The van der Waals surface area contributed by atoms with E-state index in [0.29, 0.717) is 18.4 Å². The van der Waals surface area contributed by atoms with Crippen molar-refractivity contribution in [1.29, 1.82) is 0 Å². The van der Waals surface area contributed by atoms with Gasteiger partial charge in [0.25, 0.3) is 0 Å². The molecule has 1 aromatic carbocycles. The van der Waals surface area contributed by atoms with Crippen LogP contribution in [0.5, 0.6) is 0 Å². The number of amides is 1. The largest absolute Gasteiger partial charge is 0.349 e. The fraction of sp³-hybridized carbons (Fsp3) is 0.533. The number of carbonyl (C=O) groups excluding carboxylic acids is 1. The highest BCUT2D eigenvalue weighted by atomic mass is 79.9. The van der Waals surface area contributed by atoms with E-state index in [1.165, 1.54) is 18.4 Å². The van der Waals surface area contributed by atoms with Crippen molar-refractivity contribution in [1.82, 2.24) is 10.2 Å². The summed E-state index contributed by atoms with van der Waals surface area (Å²) in [5.41, 5.74) is 1.42. The van der Waals surface area contributed by atoms with E-state index in [4.69, 9.17) is 0 Å². The zero-order valence-corrected chi connectivity index (χ0v) is 13.1. The minimum atomic E-state index is 0.191. The summed E-state index contributed by atoms with van der Waals surface area (Å²) >= 11 is 3.46. The predicted molar refractivity (Wildman–Crippen MR) is 81.2 cm³/mol. The molecule has 0 bridgehead atoms. The van der Waals surface area contributed by atoms with Gasteiger partial charge in [0.1, 0.15) is 0 Å². The van der Waals surface area contributed by atoms with Crippen molar-refractivity contribution in [3.05, 3.63) is 34.3 Å². The molecule has 1 aliphatic carbocycles. The molecule has 0 aromatic heterocycles. The van der Waals surface area contributed by atoms with Crippen molar-refractivity contribution in [3.63, 3.8) is 0 Å². The zero-order valence-electron chi connectivity index (χ0n) is 11.5. The third-order valence-electron chi connectivity index (χ3n) is 3.75. The molecule has 0 unspecified atom stereocenters. The van der Waals surface area contributed by atoms with Gasteiger partial charge >= 0.3 is 0 Å². The molecular weight excluding hydrogens is 304 g/mol. The molecule has 1 aliphatic rings. The van der Waals surface area contributed by atoms with Crippen LogP contribution >= 0.6 is 15.9 Å². The topological polar surface area (TPSA) is 32.3 Å². The van der Waals surface area contributed by atoms with E-state index in [1.54, 1.807) is 19.0 Å². The van der Waals surface area contributed by atoms with Gasteiger partial charge in [-0.1, -0.05) is 28.1 Å². The zero-order chi connectivity index (χ0) is 13.8. The summed E-state index contributed by atoms with van der Waals surface area (Å²) in [7, 11) is 3.60. The Kier molecular flexibility index (Phi) is 4.99. The fourth-order valence-electron chi connectivity index (χ4n) is 2.40. The Morgan fingerprint density at radius 2 is 1.95 bits per heavy atom. The van der Waals surface area contributed by atoms with Crippen LogP contribution in [0.1, 0.15) is 30.7 Å². The van der Waals surface area contributed by atoms with Crippen LogP contribution in [0.15, 0.2) is 28.7 Å². The normalized spacial score (nSPS) is 21.8. The highest BCUT2D eigenvalue weighted by Gasteiger charge is 2.29. The predicted octanol–water partition coefficient (Wildman–Crippen LogP) is 2.76. The first-order valence-electron chi connectivity index (χ1n) is 6.75. The van der Waals surface area contributed by atoms with Crippen molar-refractivity contribution in [2.75, 3.05) is 20.6 Å². The molecule has 2 rings (SSSR count). The average Bonchev–Trinajstić information content (AvgIpc) is 2.33. The van der Waals surface area contributed by atoms with E-state index >= 15 is 0 Å². The lowest BCUT2D eigenvalue weighted by Gasteiger charge is -2.36. The molecule has 1 N–H and O–H groups in total. The van der Waals surface area contributed by atoms with Crippen LogP contribution in [-0.2, 0) is 4.79 Å². The maximum absolute atomic E-state index is 11.4. The molecule has 0 saturated heterocycles. The van der Waals surface area contributed by atoms with Crippen molar-refractivity contribution in [2.24, 2.45) is 0 Å². The molecule has 104 valence electrons. The standard InChI is InChI=1S/C15H21BrN2O/c1-18(2)15(19)7-8-17-14-9-12(10-14)11-3-5-13(16)6-4-11/h3-6,12,14,17H,7-10H2,1-2H3. The van der Waals surface area contributed by atoms with Gasteiger partial charge in [-0.15, -0.1) is 0 Å². The van der Waals surface area contributed by atoms with E-state index in [0.717, 1.165) is 11.0 Å². The summed E-state index contributed by atoms with van der Waals surface area (Å²) in [6.07, 6.45) is 2.95. The Balaban J connectivity index is 1.66. The quantitative estimate of drug-likeness (QED) is 0.903. The van der Waals surface area contributed by atoms with Crippen LogP contribution in [0.25, 0.3) is 0 Å². The van der Waals surface area contributed by atoms with Gasteiger partial charge in [-0.05, 0) is 36.5 Å². The number of carbonyl (C=O) groups is 1. The summed E-state index contributed by atoms with van der Waals surface area (Å²) < 4.78 is 1.13. The van der Waals surface area contributed by atoms with E-state index in [-0.39, 0.29) is 5.91 Å². The highest BCUT2D eigenvalue weighted by molar-refractivity contribution is 9.10. The number of hydrogen-bond donors (Lipinski definition) is 1. The molecule has 1 aromatic rings. The second-order valence-corrected chi connectivity index (χ2v) is 6.32. The van der Waals surface area contributed by atoms with Gasteiger partial charge in [0.05, 0.1) is 0 Å². The Labute approximate surface area is 123 Å². The lowest BCUT2D eigenvalue weighted by Crippen LogP contribution is -2.41. The summed E-state index contributed by atoms with van der Waals surface area (Å²) in [5.74, 6) is 0.867. The number of hydrogen-bond acceptors (Lipinski definition) is 2. The third kappa shape index (κ3) is 4.05. The number of nitrogens with one attached hydrogen (secondary N) is 1. The van der Waals surface area contributed by atoms with Crippen LogP contribution in [-0.4, -0.2) is 37.5 Å². The van der Waals surface area contributed by atoms with Gasteiger partial charge in [0.15, 0.2) is 0 Å². The third-order valence-corrected chi connectivity index (χ3v) is 4.28. The van der Waals surface area contributed by atoms with Crippen molar-refractivity contribution < 1.29 is 4.79 Å². The Hall–Kier alpha value is -0.870. The van der Waals surface area contributed by atoms with Crippen LogP contribution < -0.4 is 5.32 Å². The second-order valence-electron chi connectivity index (χ2n) is 5.41. The van der Waals surface area contributed by atoms with Crippen molar-refractivity contribution in [2.45, 2.75) is 31.2 Å². The average molecular weight is 325 g/mol. The molecule has 19 heavy (non-hydrogen) atoms. The minimum absolute atomic E-state index is 0.191. The van der Waals surface area contributed by atoms with Crippen molar-refractivity contribution in [3.8, 4) is 0 Å². The summed E-state index contributed by atoms with van der Waals surface area (Å²) in [4.78, 5) is 13.1. The summed E-state index contributed by atoms with van der Waals surface area (Å²) in [6.45, 7) is 0.786. The number of benzene rings is 1. The molecule has 0 radical (unpaired) electrons. The molecule has 0 spiro atoms. The van der Waals surface area contributed by atoms with Crippen LogP contribution in [0.3, 0.4) is 0 Å². The van der Waals surface area contributed by atoms with E-state index in [9.17, 15) is 4.79 Å². The van der Waals surface area contributed by atoms with Crippen molar-refractivity contribution >= 4 is 21.8 Å². The molecule has 1 fully saturated rings. The van der Waals surface area contributed by atoms with Gasteiger partial charge in [0, 0.05) is 37.6 Å². The van der Waals surface area contributed by atoms with Crippen LogP contribution in [0, 0.1) is 0 Å². The van der Waals surface area contributed by atoms with Gasteiger partial charge < -0.3 is 10.2 Å². The van der Waals surface area contributed by atoms with Gasteiger partial charge in [-0.3, -0.25) is 4.79 Å². The molecule has 0 heterocycles. The summed E-state index contributed by atoms with van der Waals surface area (Å²) in [6, 6.07) is 9.17. The lowest BCUT2D eigenvalue weighted by atomic mass is 9.76. The van der Waals surface area contributed by atoms with Gasteiger partial charge in [0.2, 0.25) is 5.91 Å². The molecule has 0 aliphatic heterocycles. The molecule has 1 saturated carbocycles. The maximum Gasteiger partial charge on any atom is 0.223 e. The minimum Gasteiger partial charge on any atom is -0.349 e. The fourth-order valence-corrected chi connectivity index (χ4v) is 2.66. The smallest absolute Gasteiger partial charge is 0.223 e. The Morgan fingerprint density at radius 1 is 1.32 bits per heavy atom. The highest BCUT2D eigenvalue weighted by Crippen LogP contribution is 2.37. The number of halogens is 1. The van der Waals surface area contributed by atoms with Crippen LogP contribution in [0.4, 0.5) is 0 Å². The van der Waals surface area contributed by atoms with E-state index in [2.05, 4.69) is 45.5 Å². The number of nitrogens with zero attached hydrogens (tertiary/aromatic N) is 1. The number of rotatable bonds is 5. The summed E-state index contributed by atoms with van der Waals surface area (Å²) in [5, 5.41) is 3.46. The van der Waals surface area contributed by atoms with E-state index in [1.807, 2.05) is 0 Å². The first kappa shape index (κ1) is 14.5. The monoisotopic (exact) mass is 324 g/mol.